The van der Waals surface area contributed by atoms with Crippen molar-refractivity contribution in [3.63, 3.8) is 0 Å². The van der Waals surface area contributed by atoms with Crippen LogP contribution in [-0.2, 0) is 0 Å². The third-order valence-corrected chi connectivity index (χ3v) is 7.55. The van der Waals surface area contributed by atoms with Crippen molar-refractivity contribution in [3.05, 3.63) is 23.3 Å². The van der Waals surface area contributed by atoms with Gasteiger partial charge < -0.3 is 10.2 Å². The molecule has 2 aliphatic carbocycles. The van der Waals surface area contributed by atoms with Gasteiger partial charge in [0, 0.05) is 0 Å². The Morgan fingerprint density at radius 2 is 1.96 bits per heavy atom. The van der Waals surface area contributed by atoms with Gasteiger partial charge in [0.25, 0.3) is 0 Å². The molecule has 1 fully saturated rings. The zero-order valence-corrected chi connectivity index (χ0v) is 16.8. The molecule has 2 aliphatic rings. The first-order valence-electron chi connectivity index (χ1n) is 9.30. The molecule has 2 N–H and O–H groups in total. The molecular formula is C21H35ClO2. The van der Waals surface area contributed by atoms with Crippen molar-refractivity contribution >= 4 is 11.6 Å². The third kappa shape index (κ3) is 3.34. The lowest BCUT2D eigenvalue weighted by Crippen LogP contribution is -2.47. The monoisotopic (exact) mass is 354 g/mol. The number of halogens is 1. The Kier molecular flexibility index (Phi) is 5.65. The summed E-state index contributed by atoms with van der Waals surface area (Å²) in [5.41, 5.74) is 3.57. The second kappa shape index (κ2) is 6.78. The Morgan fingerprint density at radius 1 is 1.33 bits per heavy atom. The van der Waals surface area contributed by atoms with Gasteiger partial charge in [-0.05, 0) is 69.1 Å². The van der Waals surface area contributed by atoms with Crippen LogP contribution in [0.4, 0.5) is 0 Å². The molecule has 2 rings (SSSR count). The van der Waals surface area contributed by atoms with Crippen LogP contribution in [-0.4, -0.2) is 27.8 Å². The first-order chi connectivity index (χ1) is 11.0. The van der Waals surface area contributed by atoms with Gasteiger partial charge in [-0.15, -0.1) is 11.6 Å². The van der Waals surface area contributed by atoms with Gasteiger partial charge in [0.2, 0.25) is 0 Å². The van der Waals surface area contributed by atoms with E-state index in [1.165, 1.54) is 23.1 Å². The minimum atomic E-state index is -1.13. The molecule has 0 unspecified atom stereocenters. The summed E-state index contributed by atoms with van der Waals surface area (Å²) in [6.45, 7) is 15.4. The van der Waals surface area contributed by atoms with Gasteiger partial charge in [-0.2, -0.15) is 0 Å². The average Bonchev–Trinajstić information content (AvgIpc) is 2.49. The van der Waals surface area contributed by atoms with E-state index < -0.39 is 11.7 Å². The van der Waals surface area contributed by atoms with Gasteiger partial charge in [0.05, 0.1) is 17.6 Å². The van der Waals surface area contributed by atoms with Crippen LogP contribution in [0.3, 0.4) is 0 Å². The highest BCUT2D eigenvalue weighted by molar-refractivity contribution is 6.18. The molecule has 0 saturated heterocycles. The fraction of sp³-hybridized carbons (Fsp3) is 0.810. The van der Waals surface area contributed by atoms with Gasteiger partial charge >= 0.3 is 0 Å². The van der Waals surface area contributed by atoms with Crippen LogP contribution in [0.25, 0.3) is 0 Å². The molecule has 4 atom stereocenters. The van der Waals surface area contributed by atoms with E-state index in [-0.39, 0.29) is 16.7 Å². The topological polar surface area (TPSA) is 40.5 Å². The quantitative estimate of drug-likeness (QED) is 0.524. The van der Waals surface area contributed by atoms with Gasteiger partial charge in [0.1, 0.15) is 0 Å². The lowest BCUT2D eigenvalue weighted by molar-refractivity contribution is -0.0572. The molecule has 0 amide bonds. The standard InChI is InChI=1S/C21H35ClO2/c1-14-7-8-17-19(3,4)15(2)9-11-20(17,5)16(14)10-12-21(6,24)18(23)13-22/h17-18,23-24H,2,7-13H2,1,3-6H3/t17-,18+,20+,21+/m1/s1. The number of allylic oxidation sites excluding steroid dienone is 3. The number of hydrogen-bond donors (Lipinski definition) is 2. The number of alkyl halides is 1. The molecule has 0 spiro atoms. The smallest absolute Gasteiger partial charge is 0.0959 e. The lowest BCUT2D eigenvalue weighted by atomic mass is 9.48. The van der Waals surface area contributed by atoms with Gasteiger partial charge in [-0.1, -0.05) is 44.1 Å². The van der Waals surface area contributed by atoms with Crippen LogP contribution < -0.4 is 0 Å². The summed E-state index contributed by atoms with van der Waals surface area (Å²) in [6, 6.07) is 0. The zero-order chi connectivity index (χ0) is 18.3. The number of aliphatic hydroxyl groups excluding tert-OH is 1. The van der Waals surface area contributed by atoms with Crippen LogP contribution in [0.15, 0.2) is 23.3 Å². The van der Waals surface area contributed by atoms with Crippen molar-refractivity contribution in [1.29, 1.82) is 0 Å². The molecule has 3 heteroatoms. The van der Waals surface area contributed by atoms with Crippen molar-refractivity contribution < 1.29 is 10.2 Å². The maximum atomic E-state index is 10.6. The van der Waals surface area contributed by atoms with Crippen molar-refractivity contribution in [2.24, 2.45) is 16.7 Å². The summed E-state index contributed by atoms with van der Waals surface area (Å²) in [6.07, 6.45) is 5.09. The molecule has 0 radical (unpaired) electrons. The molecule has 0 aromatic heterocycles. The fourth-order valence-corrected chi connectivity index (χ4v) is 5.53. The van der Waals surface area contributed by atoms with E-state index in [1.54, 1.807) is 6.92 Å². The van der Waals surface area contributed by atoms with Crippen LogP contribution in [0.2, 0.25) is 0 Å². The second-order valence-electron chi connectivity index (χ2n) is 9.12. The minimum absolute atomic E-state index is 0.0672. The third-order valence-electron chi connectivity index (χ3n) is 7.26. The van der Waals surface area contributed by atoms with E-state index in [0.29, 0.717) is 12.3 Å². The highest BCUT2D eigenvalue weighted by atomic mass is 35.5. The molecule has 138 valence electrons. The summed E-state index contributed by atoms with van der Waals surface area (Å²) in [7, 11) is 0. The predicted octanol–water partition coefficient (Wildman–Crippen LogP) is 5.23. The van der Waals surface area contributed by atoms with Crippen LogP contribution >= 0.6 is 11.6 Å². The van der Waals surface area contributed by atoms with E-state index in [0.717, 1.165) is 25.7 Å². The van der Waals surface area contributed by atoms with E-state index >= 15 is 0 Å². The SMILES string of the molecule is C=C1CC[C@@]2(C)C(CC[C@](C)(O)[C@@H](O)CCl)=C(C)CC[C@@H]2C1(C)C. The molecule has 0 bridgehead atoms. The van der Waals surface area contributed by atoms with Gasteiger partial charge in [0.15, 0.2) is 0 Å². The number of rotatable bonds is 5. The van der Waals surface area contributed by atoms with Crippen molar-refractivity contribution in [2.45, 2.75) is 84.8 Å². The first kappa shape index (κ1) is 20.0. The average molecular weight is 355 g/mol. The van der Waals surface area contributed by atoms with Crippen LogP contribution in [0.5, 0.6) is 0 Å². The first-order valence-corrected chi connectivity index (χ1v) is 9.84. The minimum Gasteiger partial charge on any atom is -0.389 e. The largest absolute Gasteiger partial charge is 0.389 e. The van der Waals surface area contributed by atoms with E-state index in [2.05, 4.69) is 34.3 Å². The Balaban J connectivity index is 2.27. The van der Waals surface area contributed by atoms with Crippen molar-refractivity contribution in [3.8, 4) is 0 Å². The van der Waals surface area contributed by atoms with Crippen LogP contribution in [0.1, 0.15) is 73.1 Å². The maximum Gasteiger partial charge on any atom is 0.0959 e. The second-order valence-corrected chi connectivity index (χ2v) is 9.43. The van der Waals surface area contributed by atoms with Gasteiger partial charge in [-0.25, -0.2) is 0 Å². The van der Waals surface area contributed by atoms with E-state index in [1.807, 2.05) is 0 Å². The maximum absolute atomic E-state index is 10.6. The summed E-state index contributed by atoms with van der Waals surface area (Å²) >= 11 is 5.75. The number of hydrogen-bond acceptors (Lipinski definition) is 2. The summed E-state index contributed by atoms with van der Waals surface area (Å²) in [4.78, 5) is 0. The molecule has 24 heavy (non-hydrogen) atoms. The zero-order valence-electron chi connectivity index (χ0n) is 16.1. The Labute approximate surface area is 153 Å². The summed E-state index contributed by atoms with van der Waals surface area (Å²) in [5.74, 6) is 0.672. The Bertz CT molecular complexity index is 532. The van der Waals surface area contributed by atoms with E-state index in [4.69, 9.17) is 11.6 Å². The van der Waals surface area contributed by atoms with Crippen LogP contribution in [0, 0.1) is 16.7 Å². The van der Waals surface area contributed by atoms with Crippen molar-refractivity contribution in [2.75, 3.05) is 5.88 Å². The fourth-order valence-electron chi connectivity index (χ4n) is 5.20. The highest BCUT2D eigenvalue weighted by Gasteiger charge is 2.51. The Morgan fingerprint density at radius 3 is 2.54 bits per heavy atom. The number of fused-ring (bicyclic) bond motifs is 1. The number of aliphatic hydroxyl groups is 2. The molecule has 0 aromatic carbocycles. The summed E-state index contributed by atoms with van der Waals surface area (Å²) < 4.78 is 0. The molecule has 0 aromatic rings. The normalized spacial score (nSPS) is 33.8. The predicted molar refractivity (Wildman–Crippen MR) is 102 cm³/mol. The molecule has 0 aliphatic heterocycles. The molecule has 0 heterocycles. The molecule has 2 nitrogen and oxygen atoms in total. The van der Waals surface area contributed by atoms with Gasteiger partial charge in [-0.3, -0.25) is 0 Å². The van der Waals surface area contributed by atoms with Crippen molar-refractivity contribution in [1.82, 2.24) is 0 Å². The Hall–Kier alpha value is -0.310. The lowest BCUT2D eigenvalue weighted by Gasteiger charge is -2.56. The van der Waals surface area contributed by atoms with E-state index in [9.17, 15) is 10.2 Å². The molecule has 1 saturated carbocycles. The summed E-state index contributed by atoms with van der Waals surface area (Å²) in [5, 5.41) is 20.5. The molecular weight excluding hydrogens is 320 g/mol. The highest BCUT2D eigenvalue weighted by Crippen LogP contribution is 2.61.